The first-order valence-electron chi connectivity index (χ1n) is 9.60. The molecule has 0 aromatic carbocycles. The zero-order chi connectivity index (χ0) is 17.5. The topological polar surface area (TPSA) is 67.8 Å². The van der Waals surface area contributed by atoms with Crippen molar-refractivity contribution in [1.82, 2.24) is 20.4 Å². The Balaban J connectivity index is 1.69. The highest BCUT2D eigenvalue weighted by Gasteiger charge is 2.28. The predicted molar refractivity (Wildman–Crippen MR) is 97.1 cm³/mol. The second kappa shape index (κ2) is 9.59. The van der Waals surface area contributed by atoms with Gasteiger partial charge >= 0.3 is 6.03 Å². The van der Waals surface area contributed by atoms with Crippen molar-refractivity contribution in [2.24, 2.45) is 5.92 Å². The maximum atomic E-state index is 12.2. The minimum Gasteiger partial charge on any atom is -0.396 e. The van der Waals surface area contributed by atoms with E-state index in [1.807, 2.05) is 0 Å². The zero-order valence-electron chi connectivity index (χ0n) is 15.6. The third-order valence-electron chi connectivity index (χ3n) is 5.63. The number of aliphatic hydroxyl groups excluding tert-OH is 1. The van der Waals surface area contributed by atoms with Crippen LogP contribution in [-0.2, 0) is 0 Å². The van der Waals surface area contributed by atoms with Crippen LogP contribution in [0, 0.1) is 5.92 Å². The molecule has 0 spiro atoms. The van der Waals surface area contributed by atoms with Crippen LogP contribution in [0.5, 0.6) is 0 Å². The van der Waals surface area contributed by atoms with Gasteiger partial charge in [-0.2, -0.15) is 0 Å². The molecule has 2 saturated heterocycles. The van der Waals surface area contributed by atoms with Crippen LogP contribution in [0.1, 0.15) is 46.0 Å². The number of nitrogens with zero attached hydrogens (tertiary/aromatic N) is 2. The summed E-state index contributed by atoms with van der Waals surface area (Å²) in [6, 6.07) is 0.953. The highest BCUT2D eigenvalue weighted by molar-refractivity contribution is 5.74. The minimum absolute atomic E-state index is 0.0364. The van der Waals surface area contributed by atoms with Crippen LogP contribution in [0.3, 0.4) is 0 Å². The molecule has 0 aliphatic carbocycles. The Morgan fingerprint density at radius 3 is 2.29 bits per heavy atom. The Kier molecular flexibility index (Phi) is 7.78. The van der Waals surface area contributed by atoms with E-state index in [2.05, 4.69) is 41.3 Å². The summed E-state index contributed by atoms with van der Waals surface area (Å²) in [4.78, 5) is 17.2. The van der Waals surface area contributed by atoms with E-state index in [1.165, 1.54) is 25.9 Å². The van der Waals surface area contributed by atoms with E-state index in [-0.39, 0.29) is 24.7 Å². The van der Waals surface area contributed by atoms with Gasteiger partial charge in [0, 0.05) is 37.8 Å². The van der Waals surface area contributed by atoms with Crippen molar-refractivity contribution in [3.8, 4) is 0 Å². The van der Waals surface area contributed by atoms with Crippen LogP contribution in [0.4, 0.5) is 4.79 Å². The van der Waals surface area contributed by atoms with Gasteiger partial charge in [-0.1, -0.05) is 13.8 Å². The second-order valence-corrected chi connectivity index (χ2v) is 7.83. The first kappa shape index (κ1) is 19.5. The molecule has 140 valence electrons. The maximum Gasteiger partial charge on any atom is 0.315 e. The number of piperidine rings is 2. The van der Waals surface area contributed by atoms with E-state index in [4.69, 9.17) is 5.11 Å². The average Bonchev–Trinajstić information content (AvgIpc) is 2.56. The number of urea groups is 1. The first-order chi connectivity index (χ1) is 11.5. The number of aliphatic hydroxyl groups is 1. The number of likely N-dealkylation sites (tertiary alicyclic amines) is 2. The zero-order valence-corrected chi connectivity index (χ0v) is 15.6. The summed E-state index contributed by atoms with van der Waals surface area (Å²) in [7, 11) is 2.20. The summed E-state index contributed by atoms with van der Waals surface area (Å²) >= 11 is 0. The summed E-state index contributed by atoms with van der Waals surface area (Å²) < 4.78 is 0. The molecule has 2 aliphatic heterocycles. The summed E-state index contributed by atoms with van der Waals surface area (Å²) in [6.07, 6.45) is 5.22. The molecule has 1 unspecified atom stereocenters. The van der Waals surface area contributed by atoms with Crippen LogP contribution in [-0.4, -0.2) is 78.9 Å². The van der Waals surface area contributed by atoms with Crippen molar-refractivity contribution in [2.75, 3.05) is 39.8 Å². The van der Waals surface area contributed by atoms with E-state index >= 15 is 0 Å². The molecule has 6 heteroatoms. The van der Waals surface area contributed by atoms with Crippen molar-refractivity contribution in [1.29, 1.82) is 0 Å². The standard InChI is InChI=1S/C18H36N4O2/c1-14(2)17(8-13-23)20-18(24)19-15-4-11-22(12-5-15)16-6-9-21(3)10-7-16/h14-17,23H,4-13H2,1-3H3,(H2,19,20,24). The summed E-state index contributed by atoms with van der Waals surface area (Å²) in [6.45, 7) is 8.83. The average molecular weight is 341 g/mol. The normalized spacial score (nSPS) is 23.4. The van der Waals surface area contributed by atoms with E-state index in [0.717, 1.165) is 32.0 Å². The molecule has 2 fully saturated rings. The molecule has 24 heavy (non-hydrogen) atoms. The molecule has 0 bridgehead atoms. The van der Waals surface area contributed by atoms with Gasteiger partial charge in [-0.05, 0) is 58.2 Å². The predicted octanol–water partition coefficient (Wildman–Crippen LogP) is 1.25. The molecule has 0 saturated carbocycles. The molecule has 2 heterocycles. The van der Waals surface area contributed by atoms with E-state index < -0.39 is 0 Å². The largest absolute Gasteiger partial charge is 0.396 e. The third kappa shape index (κ3) is 5.90. The van der Waals surface area contributed by atoms with Crippen LogP contribution in [0.15, 0.2) is 0 Å². The molecule has 0 aromatic heterocycles. The number of carbonyl (C=O) groups is 1. The van der Waals surface area contributed by atoms with Crippen molar-refractivity contribution >= 4 is 6.03 Å². The lowest BCUT2D eigenvalue weighted by Gasteiger charge is -2.41. The molecule has 2 rings (SSSR count). The van der Waals surface area contributed by atoms with E-state index in [1.54, 1.807) is 0 Å². The van der Waals surface area contributed by atoms with Gasteiger partial charge in [0.15, 0.2) is 0 Å². The molecule has 6 nitrogen and oxygen atoms in total. The number of nitrogens with one attached hydrogen (secondary N) is 2. The first-order valence-corrected chi connectivity index (χ1v) is 9.60. The van der Waals surface area contributed by atoms with Crippen LogP contribution in [0.25, 0.3) is 0 Å². The van der Waals surface area contributed by atoms with Gasteiger partial charge in [-0.15, -0.1) is 0 Å². The van der Waals surface area contributed by atoms with Gasteiger partial charge in [0.25, 0.3) is 0 Å². The van der Waals surface area contributed by atoms with Crippen molar-refractivity contribution < 1.29 is 9.90 Å². The highest BCUT2D eigenvalue weighted by atomic mass is 16.3. The van der Waals surface area contributed by atoms with E-state index in [0.29, 0.717) is 12.3 Å². The maximum absolute atomic E-state index is 12.2. The van der Waals surface area contributed by atoms with Crippen molar-refractivity contribution in [3.05, 3.63) is 0 Å². The number of carbonyl (C=O) groups excluding carboxylic acids is 1. The number of amides is 2. The fraction of sp³-hybridized carbons (Fsp3) is 0.944. The lowest BCUT2D eigenvalue weighted by Crippen LogP contribution is -2.53. The quantitative estimate of drug-likeness (QED) is 0.681. The SMILES string of the molecule is CC(C)C(CCO)NC(=O)NC1CCN(C2CCN(C)CC2)CC1. The second-order valence-electron chi connectivity index (χ2n) is 7.83. The monoisotopic (exact) mass is 340 g/mol. The molecular formula is C18H36N4O2. The number of rotatable bonds is 6. The molecule has 0 radical (unpaired) electrons. The minimum atomic E-state index is -0.0834. The molecule has 3 N–H and O–H groups in total. The lowest BCUT2D eigenvalue weighted by atomic mass is 9.98. The fourth-order valence-electron chi connectivity index (χ4n) is 3.88. The highest BCUT2D eigenvalue weighted by Crippen LogP contribution is 2.20. The smallest absolute Gasteiger partial charge is 0.315 e. The van der Waals surface area contributed by atoms with Crippen LogP contribution >= 0.6 is 0 Å². The summed E-state index contributed by atoms with van der Waals surface area (Å²) in [5.74, 6) is 0.328. The number of hydrogen-bond donors (Lipinski definition) is 3. The Hall–Kier alpha value is -0.850. The Morgan fingerprint density at radius 1 is 1.12 bits per heavy atom. The molecule has 0 aromatic rings. The van der Waals surface area contributed by atoms with Gasteiger partial charge in [0.2, 0.25) is 0 Å². The Bertz CT molecular complexity index is 375. The molecule has 1 atom stereocenters. The Labute approximate surface area is 147 Å². The van der Waals surface area contributed by atoms with Gasteiger partial charge in [0.1, 0.15) is 0 Å². The molecule has 2 amide bonds. The van der Waals surface area contributed by atoms with Gasteiger partial charge in [-0.25, -0.2) is 4.79 Å². The van der Waals surface area contributed by atoms with Crippen LogP contribution < -0.4 is 10.6 Å². The lowest BCUT2D eigenvalue weighted by molar-refractivity contribution is 0.0932. The van der Waals surface area contributed by atoms with Gasteiger partial charge in [0.05, 0.1) is 0 Å². The van der Waals surface area contributed by atoms with Crippen molar-refractivity contribution in [2.45, 2.75) is 64.1 Å². The molecule has 2 aliphatic rings. The fourth-order valence-corrected chi connectivity index (χ4v) is 3.88. The van der Waals surface area contributed by atoms with Crippen LogP contribution in [0.2, 0.25) is 0 Å². The summed E-state index contributed by atoms with van der Waals surface area (Å²) in [5, 5.41) is 15.3. The Morgan fingerprint density at radius 2 is 1.75 bits per heavy atom. The number of hydrogen-bond acceptors (Lipinski definition) is 4. The summed E-state index contributed by atoms with van der Waals surface area (Å²) in [5.41, 5.74) is 0. The molecular weight excluding hydrogens is 304 g/mol. The third-order valence-corrected chi connectivity index (χ3v) is 5.63. The van der Waals surface area contributed by atoms with Gasteiger partial charge < -0.3 is 25.5 Å². The van der Waals surface area contributed by atoms with Gasteiger partial charge in [-0.3, -0.25) is 0 Å². The van der Waals surface area contributed by atoms with E-state index in [9.17, 15) is 4.79 Å². The van der Waals surface area contributed by atoms with Crippen molar-refractivity contribution in [3.63, 3.8) is 0 Å².